The molecule has 1 heterocycles. The largest absolute Gasteiger partial charge is 0.339 e. The van der Waals surface area contributed by atoms with Crippen LogP contribution in [0.15, 0.2) is 33.7 Å². The molecule has 0 saturated heterocycles. The summed E-state index contributed by atoms with van der Waals surface area (Å²) in [5, 5.41) is 3.87. The van der Waals surface area contributed by atoms with Crippen molar-refractivity contribution in [1.82, 2.24) is 10.1 Å². The highest BCUT2D eigenvalue weighted by atomic mass is 32.2. The van der Waals surface area contributed by atoms with Crippen LogP contribution in [-0.4, -0.2) is 16.7 Å². The minimum Gasteiger partial charge on any atom is -0.339 e. The van der Waals surface area contributed by atoms with Crippen LogP contribution >= 0.6 is 11.8 Å². The number of rotatable bonds is 5. The molecule has 0 aliphatic carbocycles. The second-order valence-electron chi connectivity index (χ2n) is 3.93. The summed E-state index contributed by atoms with van der Waals surface area (Å²) >= 11 is 1.46. The van der Waals surface area contributed by atoms with E-state index in [1.54, 1.807) is 6.07 Å². The van der Waals surface area contributed by atoms with Crippen LogP contribution in [0, 0.1) is 5.82 Å². The molecular weight excluding hydrogens is 253 g/mol. The first-order valence-electron chi connectivity index (χ1n) is 5.60. The first kappa shape index (κ1) is 13.0. The molecule has 0 amide bonds. The van der Waals surface area contributed by atoms with Gasteiger partial charge in [0.1, 0.15) is 5.82 Å². The van der Waals surface area contributed by atoms with Gasteiger partial charge >= 0.3 is 0 Å². The number of aromatic nitrogens is 2. The minimum atomic E-state index is -0.245. The number of benzene rings is 1. The summed E-state index contributed by atoms with van der Waals surface area (Å²) in [6.45, 7) is 2.40. The molecular formula is C12H14FN3OS. The van der Waals surface area contributed by atoms with Crippen LogP contribution in [-0.2, 0) is 5.75 Å². The standard InChI is InChI=1S/C12H14FN3OS/c1-8(6-14)12-15-11(16-17-12)7-18-10-4-2-3-9(13)5-10/h2-5,8H,6-7,14H2,1H3. The van der Waals surface area contributed by atoms with Crippen molar-refractivity contribution in [1.29, 1.82) is 0 Å². The Bertz CT molecular complexity index is 518. The van der Waals surface area contributed by atoms with Gasteiger partial charge in [-0.05, 0) is 18.2 Å². The molecule has 2 rings (SSSR count). The summed E-state index contributed by atoms with van der Waals surface area (Å²) in [4.78, 5) is 5.09. The fourth-order valence-electron chi connectivity index (χ4n) is 1.33. The molecule has 0 aliphatic rings. The number of nitrogens with zero attached hydrogens (tertiary/aromatic N) is 2. The van der Waals surface area contributed by atoms with Crippen LogP contribution in [0.5, 0.6) is 0 Å². The highest BCUT2D eigenvalue weighted by Crippen LogP contribution is 2.22. The van der Waals surface area contributed by atoms with Gasteiger partial charge in [0.25, 0.3) is 0 Å². The van der Waals surface area contributed by atoms with Crippen molar-refractivity contribution < 1.29 is 8.91 Å². The van der Waals surface area contributed by atoms with Gasteiger partial charge in [-0.15, -0.1) is 11.8 Å². The molecule has 1 aromatic heterocycles. The predicted molar refractivity (Wildman–Crippen MR) is 67.7 cm³/mol. The lowest BCUT2D eigenvalue weighted by atomic mass is 10.2. The first-order chi connectivity index (χ1) is 8.69. The van der Waals surface area contributed by atoms with Crippen molar-refractivity contribution in [2.45, 2.75) is 23.5 Å². The summed E-state index contributed by atoms with van der Waals surface area (Å²) in [6.07, 6.45) is 0. The Labute approximate surface area is 109 Å². The van der Waals surface area contributed by atoms with Crippen LogP contribution in [0.3, 0.4) is 0 Å². The van der Waals surface area contributed by atoms with Crippen molar-refractivity contribution >= 4 is 11.8 Å². The minimum absolute atomic E-state index is 0.0606. The highest BCUT2D eigenvalue weighted by Gasteiger charge is 2.12. The molecule has 1 unspecified atom stereocenters. The van der Waals surface area contributed by atoms with Gasteiger partial charge in [-0.2, -0.15) is 4.98 Å². The van der Waals surface area contributed by atoms with E-state index in [2.05, 4.69) is 10.1 Å². The van der Waals surface area contributed by atoms with E-state index in [9.17, 15) is 4.39 Å². The molecule has 0 radical (unpaired) electrons. The predicted octanol–water partition coefficient (Wildman–Crippen LogP) is 2.56. The quantitative estimate of drug-likeness (QED) is 0.843. The van der Waals surface area contributed by atoms with Crippen molar-refractivity contribution in [3.8, 4) is 0 Å². The van der Waals surface area contributed by atoms with Gasteiger partial charge in [-0.25, -0.2) is 4.39 Å². The topological polar surface area (TPSA) is 64.9 Å². The number of halogens is 1. The van der Waals surface area contributed by atoms with Crippen molar-refractivity contribution in [2.75, 3.05) is 6.54 Å². The van der Waals surface area contributed by atoms with Crippen LogP contribution in [0.25, 0.3) is 0 Å². The Morgan fingerprint density at radius 1 is 1.50 bits per heavy atom. The summed E-state index contributed by atoms with van der Waals surface area (Å²) < 4.78 is 18.1. The van der Waals surface area contributed by atoms with Crippen LogP contribution in [0.1, 0.15) is 24.6 Å². The maximum atomic E-state index is 13.0. The van der Waals surface area contributed by atoms with E-state index in [1.807, 2.05) is 13.0 Å². The first-order valence-corrected chi connectivity index (χ1v) is 6.58. The second-order valence-corrected chi connectivity index (χ2v) is 4.98. The Hall–Kier alpha value is -1.40. The van der Waals surface area contributed by atoms with E-state index in [-0.39, 0.29) is 11.7 Å². The zero-order valence-corrected chi connectivity index (χ0v) is 10.8. The van der Waals surface area contributed by atoms with Crippen molar-refractivity contribution in [2.24, 2.45) is 5.73 Å². The second kappa shape index (κ2) is 5.97. The Kier molecular flexibility index (Phi) is 4.33. The number of thioether (sulfide) groups is 1. The summed E-state index contributed by atoms with van der Waals surface area (Å²) in [5.74, 6) is 1.51. The number of hydrogen-bond acceptors (Lipinski definition) is 5. The number of nitrogens with two attached hydrogens (primary N) is 1. The van der Waals surface area contributed by atoms with Crippen LogP contribution < -0.4 is 5.73 Å². The molecule has 0 fully saturated rings. The normalized spacial score (nSPS) is 12.6. The Balaban J connectivity index is 1.96. The van der Waals surface area contributed by atoms with Gasteiger partial charge in [-0.3, -0.25) is 0 Å². The third kappa shape index (κ3) is 3.30. The lowest BCUT2D eigenvalue weighted by Gasteiger charge is -1.99. The molecule has 96 valence electrons. The van der Waals surface area contributed by atoms with Gasteiger partial charge in [0.2, 0.25) is 5.89 Å². The molecule has 0 bridgehead atoms. The summed E-state index contributed by atoms with van der Waals surface area (Å²) in [7, 11) is 0. The zero-order chi connectivity index (χ0) is 13.0. The molecule has 1 atom stereocenters. The maximum Gasteiger partial charge on any atom is 0.230 e. The van der Waals surface area contributed by atoms with Gasteiger partial charge in [0, 0.05) is 17.4 Å². The SMILES string of the molecule is CC(CN)c1nc(CSc2cccc(F)c2)no1. The van der Waals surface area contributed by atoms with Gasteiger partial charge < -0.3 is 10.3 Å². The summed E-state index contributed by atoms with van der Waals surface area (Å²) in [6, 6.07) is 6.42. The average Bonchev–Trinajstić information content (AvgIpc) is 2.84. The Morgan fingerprint density at radius 2 is 2.33 bits per heavy atom. The van der Waals surface area contributed by atoms with Gasteiger partial charge in [-0.1, -0.05) is 18.1 Å². The molecule has 6 heteroatoms. The van der Waals surface area contributed by atoms with E-state index in [0.717, 1.165) is 4.90 Å². The molecule has 2 aromatic rings. The number of hydrogen-bond donors (Lipinski definition) is 1. The van der Waals surface area contributed by atoms with E-state index in [0.29, 0.717) is 24.0 Å². The third-order valence-electron chi connectivity index (χ3n) is 2.42. The molecule has 18 heavy (non-hydrogen) atoms. The molecule has 4 nitrogen and oxygen atoms in total. The van der Waals surface area contributed by atoms with E-state index in [4.69, 9.17) is 10.3 Å². The van der Waals surface area contributed by atoms with E-state index in [1.165, 1.54) is 23.9 Å². The maximum absolute atomic E-state index is 13.0. The van der Waals surface area contributed by atoms with E-state index < -0.39 is 0 Å². The fourth-order valence-corrected chi connectivity index (χ4v) is 2.12. The lowest BCUT2D eigenvalue weighted by Crippen LogP contribution is -2.09. The van der Waals surface area contributed by atoms with Crippen LogP contribution in [0.4, 0.5) is 4.39 Å². The smallest absolute Gasteiger partial charge is 0.230 e. The monoisotopic (exact) mass is 267 g/mol. The molecule has 0 spiro atoms. The molecule has 2 N–H and O–H groups in total. The third-order valence-corrected chi connectivity index (χ3v) is 3.41. The highest BCUT2D eigenvalue weighted by molar-refractivity contribution is 7.98. The Morgan fingerprint density at radius 3 is 3.06 bits per heavy atom. The fraction of sp³-hybridized carbons (Fsp3) is 0.333. The average molecular weight is 267 g/mol. The molecule has 1 aromatic carbocycles. The van der Waals surface area contributed by atoms with Crippen molar-refractivity contribution in [3.63, 3.8) is 0 Å². The van der Waals surface area contributed by atoms with Crippen LogP contribution in [0.2, 0.25) is 0 Å². The van der Waals surface area contributed by atoms with Crippen molar-refractivity contribution in [3.05, 3.63) is 41.8 Å². The summed E-state index contributed by atoms with van der Waals surface area (Å²) in [5.41, 5.74) is 5.52. The van der Waals surface area contributed by atoms with Gasteiger partial charge in [0.15, 0.2) is 5.82 Å². The van der Waals surface area contributed by atoms with Gasteiger partial charge in [0.05, 0.1) is 5.75 Å². The van der Waals surface area contributed by atoms with E-state index >= 15 is 0 Å². The molecule has 0 saturated carbocycles. The molecule has 0 aliphatic heterocycles. The lowest BCUT2D eigenvalue weighted by molar-refractivity contribution is 0.358. The zero-order valence-electron chi connectivity index (χ0n) is 9.97.